The minimum Gasteiger partial charge on any atom is -0.497 e. The van der Waals surface area contributed by atoms with Gasteiger partial charge in [-0.25, -0.2) is 4.99 Å². The number of methoxy groups -OCH3 is 1. The molecule has 1 aliphatic heterocycles. The van der Waals surface area contributed by atoms with E-state index in [0.29, 0.717) is 17.2 Å². The summed E-state index contributed by atoms with van der Waals surface area (Å²) < 4.78 is 5.13. The first-order valence-corrected chi connectivity index (χ1v) is 6.42. The van der Waals surface area contributed by atoms with Crippen molar-refractivity contribution < 1.29 is 9.53 Å². The van der Waals surface area contributed by atoms with Crippen molar-refractivity contribution in [1.82, 2.24) is 10.6 Å². The molecule has 1 atom stereocenters. The zero-order valence-corrected chi connectivity index (χ0v) is 12.1. The second kappa shape index (κ2) is 6.09. The van der Waals surface area contributed by atoms with Gasteiger partial charge in [-0.2, -0.15) is 5.26 Å². The lowest BCUT2D eigenvalue weighted by atomic mass is 9.94. The molecule has 1 aromatic carbocycles. The third kappa shape index (κ3) is 3.03. The Hall–Kier alpha value is -2.81. The summed E-state index contributed by atoms with van der Waals surface area (Å²) in [6, 6.07) is 6.91. The van der Waals surface area contributed by atoms with E-state index in [0.717, 1.165) is 11.3 Å². The first-order chi connectivity index (χ1) is 10.1. The number of hydrogen-bond donors (Lipinski definition) is 2. The van der Waals surface area contributed by atoms with Crippen molar-refractivity contribution in [3.8, 4) is 11.9 Å². The quantitative estimate of drug-likeness (QED) is 0.650. The van der Waals surface area contributed by atoms with E-state index in [1.54, 1.807) is 14.0 Å². The minimum absolute atomic E-state index is 0.0550. The Morgan fingerprint density at radius 3 is 2.62 bits per heavy atom. The molecule has 6 heteroatoms. The molecule has 0 bridgehead atoms. The number of hydrogen-bond acceptors (Lipinski definition) is 6. The van der Waals surface area contributed by atoms with Gasteiger partial charge in [-0.15, -0.1) is 0 Å². The Labute approximate surface area is 123 Å². The van der Waals surface area contributed by atoms with E-state index in [9.17, 15) is 4.79 Å². The maximum Gasteiger partial charge on any atom is 0.209 e. The van der Waals surface area contributed by atoms with Crippen LogP contribution in [0.4, 0.5) is 0 Å². The van der Waals surface area contributed by atoms with Crippen molar-refractivity contribution in [3.05, 3.63) is 41.1 Å². The molecule has 0 aromatic heterocycles. The lowest BCUT2D eigenvalue weighted by Crippen LogP contribution is -2.38. The van der Waals surface area contributed by atoms with Gasteiger partial charge in [-0.05, 0) is 31.5 Å². The number of nitrogens with zero attached hydrogens (tertiary/aromatic N) is 2. The summed E-state index contributed by atoms with van der Waals surface area (Å²) >= 11 is 0. The molecule has 1 aromatic rings. The topological polar surface area (TPSA) is 86.5 Å². The second-order valence-electron chi connectivity index (χ2n) is 4.61. The molecule has 0 unspecified atom stereocenters. The molecule has 0 saturated carbocycles. The van der Waals surface area contributed by atoms with Crippen LogP contribution in [0, 0.1) is 11.5 Å². The Kier molecular flexibility index (Phi) is 4.24. The predicted octanol–water partition coefficient (Wildman–Crippen LogP) is 1.63. The van der Waals surface area contributed by atoms with Gasteiger partial charge in [0.25, 0.3) is 0 Å². The third-order valence-corrected chi connectivity index (χ3v) is 3.23. The van der Waals surface area contributed by atoms with E-state index >= 15 is 0 Å². The fourth-order valence-corrected chi connectivity index (χ4v) is 2.28. The number of nitrogens with one attached hydrogen (secondary N) is 2. The van der Waals surface area contributed by atoms with Crippen molar-refractivity contribution in [3.63, 3.8) is 0 Å². The van der Waals surface area contributed by atoms with Gasteiger partial charge in [0.05, 0.1) is 7.11 Å². The highest BCUT2D eigenvalue weighted by atomic mass is 16.5. The summed E-state index contributed by atoms with van der Waals surface area (Å²) in [5, 5.41) is 14.1. The third-order valence-electron chi connectivity index (χ3n) is 3.23. The lowest BCUT2D eigenvalue weighted by Gasteiger charge is -2.25. The van der Waals surface area contributed by atoms with E-state index in [4.69, 9.17) is 10.00 Å². The molecule has 0 spiro atoms. The van der Waals surface area contributed by atoms with Crippen LogP contribution in [0.2, 0.25) is 0 Å². The summed E-state index contributed by atoms with van der Waals surface area (Å²) in [4.78, 5) is 16.3. The van der Waals surface area contributed by atoms with Crippen LogP contribution in [0.25, 0.3) is 0 Å². The number of benzene rings is 1. The molecule has 0 amide bonds. The van der Waals surface area contributed by atoms with Crippen molar-refractivity contribution in [1.29, 1.82) is 5.26 Å². The Bertz CT molecular complexity index is 653. The van der Waals surface area contributed by atoms with E-state index < -0.39 is 6.04 Å². The van der Waals surface area contributed by atoms with Gasteiger partial charge < -0.3 is 10.1 Å². The summed E-state index contributed by atoms with van der Waals surface area (Å²) in [6.45, 7) is 3.30. The Morgan fingerprint density at radius 1 is 1.43 bits per heavy atom. The van der Waals surface area contributed by atoms with E-state index in [1.165, 1.54) is 6.92 Å². The molecule has 1 heterocycles. The summed E-state index contributed by atoms with van der Waals surface area (Å²) in [5.41, 5.74) is 2.14. The van der Waals surface area contributed by atoms with Gasteiger partial charge in [-0.3, -0.25) is 10.1 Å². The molecule has 0 fully saturated rings. The van der Waals surface area contributed by atoms with Gasteiger partial charge in [0.1, 0.15) is 11.8 Å². The normalized spacial score (nSPS) is 17.4. The van der Waals surface area contributed by atoms with Crippen LogP contribution >= 0.6 is 0 Å². The minimum atomic E-state index is -0.439. The summed E-state index contributed by atoms with van der Waals surface area (Å²) in [6.07, 6.45) is 1.82. The van der Waals surface area contributed by atoms with Crippen molar-refractivity contribution in [2.24, 2.45) is 4.99 Å². The van der Waals surface area contributed by atoms with E-state index in [-0.39, 0.29) is 5.78 Å². The number of aliphatic imine (C=N–C) groups is 1. The average molecular weight is 284 g/mol. The van der Waals surface area contributed by atoms with Crippen LogP contribution in [-0.2, 0) is 4.79 Å². The van der Waals surface area contributed by atoms with Crippen LogP contribution in [0.15, 0.2) is 40.5 Å². The largest absolute Gasteiger partial charge is 0.497 e. The monoisotopic (exact) mass is 284 g/mol. The number of rotatable bonds is 3. The smallest absolute Gasteiger partial charge is 0.209 e. The fraction of sp³-hybridized carbons (Fsp3) is 0.267. The number of Topliss-reactive ketones (excluding diaryl/α,β-unsaturated/α-hetero) is 1. The number of carbonyl (C=O) groups is 1. The summed E-state index contributed by atoms with van der Waals surface area (Å²) in [5.74, 6) is 1.01. The van der Waals surface area contributed by atoms with E-state index in [1.807, 2.05) is 30.5 Å². The SMILES string of the molecule is COc1ccc([C@H]2N=C(NC#N)NC(C)=C2C(C)=O)cc1. The van der Waals surface area contributed by atoms with E-state index in [2.05, 4.69) is 15.6 Å². The molecule has 0 aliphatic carbocycles. The highest BCUT2D eigenvalue weighted by Gasteiger charge is 2.27. The molecular formula is C15H16N4O2. The van der Waals surface area contributed by atoms with Crippen LogP contribution in [0.1, 0.15) is 25.5 Å². The molecule has 21 heavy (non-hydrogen) atoms. The molecule has 2 rings (SSSR count). The fourth-order valence-electron chi connectivity index (χ4n) is 2.28. The highest BCUT2D eigenvalue weighted by Crippen LogP contribution is 2.31. The molecule has 108 valence electrons. The van der Waals surface area contributed by atoms with Crippen molar-refractivity contribution in [2.75, 3.05) is 7.11 Å². The average Bonchev–Trinajstić information content (AvgIpc) is 2.46. The maximum absolute atomic E-state index is 11.9. The standard InChI is InChI=1S/C15H16N4O2/c1-9-13(10(2)20)14(19-15(18-9)17-8-16)11-4-6-12(21-3)7-5-11/h4-7,14H,1-3H3,(H2,17,18,19)/t14-/m1/s1. The molecule has 2 N–H and O–H groups in total. The molecule has 0 radical (unpaired) electrons. The second-order valence-corrected chi connectivity index (χ2v) is 4.61. The van der Waals surface area contributed by atoms with Crippen LogP contribution in [0.3, 0.4) is 0 Å². The molecule has 6 nitrogen and oxygen atoms in total. The summed E-state index contributed by atoms with van der Waals surface area (Å²) in [7, 11) is 1.59. The van der Waals surface area contributed by atoms with Gasteiger partial charge in [-0.1, -0.05) is 12.1 Å². The highest BCUT2D eigenvalue weighted by molar-refractivity contribution is 5.98. The zero-order valence-electron chi connectivity index (χ0n) is 12.1. The molecular weight excluding hydrogens is 268 g/mol. The Balaban J connectivity index is 2.45. The van der Waals surface area contributed by atoms with Crippen LogP contribution in [0.5, 0.6) is 5.75 Å². The molecule has 0 saturated heterocycles. The van der Waals surface area contributed by atoms with Gasteiger partial charge in [0, 0.05) is 11.3 Å². The van der Waals surface area contributed by atoms with Crippen molar-refractivity contribution >= 4 is 11.7 Å². The first kappa shape index (κ1) is 14.6. The van der Waals surface area contributed by atoms with Crippen LogP contribution < -0.4 is 15.4 Å². The number of carbonyl (C=O) groups excluding carboxylic acids is 1. The number of nitriles is 1. The number of ketones is 1. The van der Waals surface area contributed by atoms with Crippen molar-refractivity contribution in [2.45, 2.75) is 19.9 Å². The molecule has 1 aliphatic rings. The Morgan fingerprint density at radius 2 is 2.10 bits per heavy atom. The maximum atomic E-state index is 11.9. The van der Waals surface area contributed by atoms with Gasteiger partial charge >= 0.3 is 0 Å². The number of ether oxygens (including phenoxy) is 1. The zero-order chi connectivity index (χ0) is 15.4. The lowest BCUT2D eigenvalue weighted by molar-refractivity contribution is -0.113. The van der Waals surface area contributed by atoms with Gasteiger partial charge in [0.2, 0.25) is 5.96 Å². The number of allylic oxidation sites excluding steroid dienone is 1. The van der Waals surface area contributed by atoms with Crippen LogP contribution in [-0.4, -0.2) is 18.9 Å². The predicted molar refractivity (Wildman–Crippen MR) is 78.4 cm³/mol. The van der Waals surface area contributed by atoms with Gasteiger partial charge in [0.15, 0.2) is 12.0 Å². The number of guanidine groups is 1. The first-order valence-electron chi connectivity index (χ1n) is 6.42.